The summed E-state index contributed by atoms with van der Waals surface area (Å²) in [6.45, 7) is 8.04. The van der Waals surface area contributed by atoms with Crippen molar-refractivity contribution in [3.05, 3.63) is 35.1 Å². The first kappa shape index (κ1) is 16.7. The number of ether oxygens (including phenoxy) is 1. The predicted molar refractivity (Wildman–Crippen MR) is 82.1 cm³/mol. The minimum absolute atomic E-state index is 0.349. The van der Waals surface area contributed by atoms with Crippen LogP contribution in [0.1, 0.15) is 44.7 Å². The van der Waals surface area contributed by atoms with Gasteiger partial charge in [-0.3, -0.25) is 0 Å². The summed E-state index contributed by atoms with van der Waals surface area (Å²) in [5.41, 5.74) is -0.276. The zero-order valence-electron chi connectivity index (χ0n) is 13.6. The van der Waals surface area contributed by atoms with E-state index in [0.717, 1.165) is 5.56 Å². The zero-order chi connectivity index (χ0) is 16.5. The maximum absolute atomic E-state index is 13.5. The third-order valence-corrected chi connectivity index (χ3v) is 3.82. The van der Waals surface area contributed by atoms with Gasteiger partial charge in [0.25, 0.3) is 0 Å². The minimum atomic E-state index is -1.09. The third-order valence-electron chi connectivity index (χ3n) is 3.82. The van der Waals surface area contributed by atoms with Crippen LogP contribution in [0.15, 0.2) is 18.2 Å². The van der Waals surface area contributed by atoms with Crippen LogP contribution >= 0.6 is 0 Å². The van der Waals surface area contributed by atoms with E-state index in [9.17, 15) is 14.3 Å². The lowest BCUT2D eigenvalue weighted by Gasteiger charge is -2.39. The number of rotatable bonds is 1. The van der Waals surface area contributed by atoms with E-state index in [0.29, 0.717) is 31.5 Å². The molecule has 0 aromatic heterocycles. The lowest BCUT2D eigenvalue weighted by atomic mass is 9.84. The highest BCUT2D eigenvalue weighted by Crippen LogP contribution is 2.34. The van der Waals surface area contributed by atoms with Gasteiger partial charge in [0.1, 0.15) is 11.4 Å². The van der Waals surface area contributed by atoms with Gasteiger partial charge < -0.3 is 14.7 Å². The molecule has 122 valence electrons. The van der Waals surface area contributed by atoms with Crippen molar-refractivity contribution in [2.45, 2.75) is 51.7 Å². The molecule has 1 amide bonds. The highest BCUT2D eigenvalue weighted by atomic mass is 19.1. The Bertz CT molecular complexity index is 537. The van der Waals surface area contributed by atoms with Gasteiger partial charge >= 0.3 is 6.09 Å². The molecule has 0 atom stereocenters. The largest absolute Gasteiger partial charge is 0.444 e. The first-order valence-electron chi connectivity index (χ1n) is 7.57. The van der Waals surface area contributed by atoms with Gasteiger partial charge in [0.2, 0.25) is 0 Å². The van der Waals surface area contributed by atoms with Crippen LogP contribution in [0.25, 0.3) is 0 Å². The Labute approximate surface area is 130 Å². The molecule has 0 saturated carbocycles. The minimum Gasteiger partial charge on any atom is -0.444 e. The van der Waals surface area contributed by atoms with Crippen LogP contribution in [0, 0.1) is 12.7 Å². The Morgan fingerprint density at radius 1 is 1.27 bits per heavy atom. The molecule has 0 spiro atoms. The number of carbonyl (C=O) groups is 1. The summed E-state index contributed by atoms with van der Waals surface area (Å²) in [5.74, 6) is -0.349. The molecule has 1 saturated heterocycles. The summed E-state index contributed by atoms with van der Waals surface area (Å²) in [6, 6.07) is 4.60. The number of halogens is 1. The Balaban J connectivity index is 2.06. The van der Waals surface area contributed by atoms with Crippen LogP contribution in [0.5, 0.6) is 0 Å². The molecule has 1 heterocycles. The van der Waals surface area contributed by atoms with Gasteiger partial charge in [-0.25, -0.2) is 9.18 Å². The highest BCUT2D eigenvalue weighted by molar-refractivity contribution is 5.68. The van der Waals surface area contributed by atoms with Gasteiger partial charge in [-0.05, 0) is 63.8 Å². The van der Waals surface area contributed by atoms with E-state index in [1.807, 2.05) is 20.8 Å². The molecule has 0 bridgehead atoms. The summed E-state index contributed by atoms with van der Waals surface area (Å²) >= 11 is 0. The van der Waals surface area contributed by atoms with Crippen molar-refractivity contribution in [1.82, 2.24) is 4.90 Å². The normalized spacial score (nSPS) is 18.2. The van der Waals surface area contributed by atoms with Crippen molar-refractivity contribution >= 4 is 6.09 Å². The molecule has 1 N–H and O–H groups in total. The molecule has 0 unspecified atom stereocenters. The van der Waals surface area contributed by atoms with Gasteiger partial charge in [-0.1, -0.05) is 6.07 Å². The maximum atomic E-state index is 13.5. The standard InChI is InChI=1S/C17H24FNO3/c1-12-9-13(11-14(18)10-12)17(21)5-7-19(8-6-17)15(20)22-16(2,3)4/h9-11,21H,5-8H2,1-4H3. The van der Waals surface area contributed by atoms with E-state index in [2.05, 4.69) is 0 Å². The molecule has 0 aliphatic carbocycles. The van der Waals surface area contributed by atoms with Crippen LogP contribution in [-0.2, 0) is 10.3 Å². The van der Waals surface area contributed by atoms with Crippen molar-refractivity contribution in [1.29, 1.82) is 0 Å². The third kappa shape index (κ3) is 3.97. The predicted octanol–water partition coefficient (Wildman–Crippen LogP) is 3.35. The average Bonchev–Trinajstić information content (AvgIpc) is 2.36. The number of amides is 1. The number of hydrogen-bond acceptors (Lipinski definition) is 3. The van der Waals surface area contributed by atoms with Gasteiger partial charge in [-0.2, -0.15) is 0 Å². The molecule has 0 radical (unpaired) electrons. The van der Waals surface area contributed by atoms with Crippen molar-refractivity contribution in [2.24, 2.45) is 0 Å². The van der Waals surface area contributed by atoms with E-state index in [4.69, 9.17) is 4.74 Å². The Morgan fingerprint density at radius 3 is 2.36 bits per heavy atom. The number of piperidine rings is 1. The Morgan fingerprint density at radius 2 is 1.86 bits per heavy atom. The Kier molecular flexibility index (Phi) is 4.47. The summed E-state index contributed by atoms with van der Waals surface area (Å²) in [4.78, 5) is 13.6. The monoisotopic (exact) mass is 309 g/mol. The molecular formula is C17H24FNO3. The maximum Gasteiger partial charge on any atom is 0.410 e. The summed E-state index contributed by atoms with van der Waals surface area (Å²) in [5, 5.41) is 10.8. The summed E-state index contributed by atoms with van der Waals surface area (Å²) in [6.07, 6.45) is 0.370. The smallest absolute Gasteiger partial charge is 0.410 e. The fourth-order valence-corrected chi connectivity index (χ4v) is 2.68. The number of nitrogens with zero attached hydrogens (tertiary/aromatic N) is 1. The SMILES string of the molecule is Cc1cc(F)cc(C2(O)CCN(C(=O)OC(C)(C)C)CC2)c1. The molecular weight excluding hydrogens is 285 g/mol. The number of hydrogen-bond donors (Lipinski definition) is 1. The lowest BCUT2D eigenvalue weighted by molar-refractivity contribution is -0.0358. The van der Waals surface area contributed by atoms with Crippen molar-refractivity contribution in [3.63, 3.8) is 0 Å². The van der Waals surface area contributed by atoms with Gasteiger partial charge in [0.15, 0.2) is 0 Å². The van der Waals surface area contributed by atoms with Crippen LogP contribution < -0.4 is 0 Å². The van der Waals surface area contributed by atoms with E-state index < -0.39 is 11.2 Å². The van der Waals surface area contributed by atoms with Crippen LogP contribution in [0.2, 0.25) is 0 Å². The van der Waals surface area contributed by atoms with Crippen LogP contribution in [0.3, 0.4) is 0 Å². The molecule has 1 aromatic rings. The van der Waals surface area contributed by atoms with Gasteiger partial charge in [0.05, 0.1) is 5.60 Å². The van der Waals surface area contributed by atoms with Gasteiger partial charge in [-0.15, -0.1) is 0 Å². The Hall–Kier alpha value is -1.62. The zero-order valence-corrected chi connectivity index (χ0v) is 13.6. The molecule has 4 nitrogen and oxygen atoms in total. The summed E-state index contributed by atoms with van der Waals surface area (Å²) in [7, 11) is 0. The lowest BCUT2D eigenvalue weighted by Crippen LogP contribution is -2.46. The summed E-state index contributed by atoms with van der Waals surface area (Å²) < 4.78 is 18.9. The molecule has 5 heteroatoms. The highest BCUT2D eigenvalue weighted by Gasteiger charge is 2.37. The second-order valence-corrected chi connectivity index (χ2v) is 7.02. The number of aliphatic hydroxyl groups is 1. The van der Waals surface area contributed by atoms with Crippen molar-refractivity contribution in [3.8, 4) is 0 Å². The molecule has 2 rings (SSSR count). The number of aryl methyl sites for hydroxylation is 1. The van der Waals surface area contributed by atoms with Crippen molar-refractivity contribution in [2.75, 3.05) is 13.1 Å². The first-order chi connectivity index (χ1) is 10.1. The average molecular weight is 309 g/mol. The fraction of sp³-hybridized carbons (Fsp3) is 0.588. The molecule has 1 aliphatic rings. The quantitative estimate of drug-likeness (QED) is 0.865. The molecule has 1 aliphatic heterocycles. The first-order valence-corrected chi connectivity index (χ1v) is 7.57. The second-order valence-electron chi connectivity index (χ2n) is 7.02. The molecule has 1 fully saturated rings. The molecule has 22 heavy (non-hydrogen) atoms. The number of carbonyl (C=O) groups excluding carboxylic acids is 1. The second kappa shape index (κ2) is 5.88. The van der Waals surface area contributed by atoms with Crippen molar-refractivity contribution < 1.29 is 19.0 Å². The van der Waals surface area contributed by atoms with E-state index in [1.165, 1.54) is 12.1 Å². The number of benzene rings is 1. The van der Waals surface area contributed by atoms with E-state index in [-0.39, 0.29) is 11.9 Å². The molecule has 1 aromatic carbocycles. The number of likely N-dealkylation sites (tertiary alicyclic amines) is 1. The fourth-order valence-electron chi connectivity index (χ4n) is 2.68. The topological polar surface area (TPSA) is 49.8 Å². The van der Waals surface area contributed by atoms with E-state index >= 15 is 0 Å². The van der Waals surface area contributed by atoms with Gasteiger partial charge in [0, 0.05) is 13.1 Å². The van der Waals surface area contributed by atoms with Crippen LogP contribution in [-0.4, -0.2) is 34.8 Å². The van der Waals surface area contributed by atoms with E-state index in [1.54, 1.807) is 17.9 Å². The van der Waals surface area contributed by atoms with Crippen LogP contribution in [0.4, 0.5) is 9.18 Å².